The molecule has 1 aliphatic carbocycles. The van der Waals surface area contributed by atoms with Gasteiger partial charge in [-0.1, -0.05) is 66.9 Å². The number of piperidine rings is 1. The second kappa shape index (κ2) is 8.79. The van der Waals surface area contributed by atoms with Crippen LogP contribution in [0.15, 0.2) is 88.7 Å². The Morgan fingerprint density at radius 2 is 1.39 bits per heavy atom. The summed E-state index contributed by atoms with van der Waals surface area (Å²) in [5.74, 6) is 0.298. The number of hydrogen-bond donors (Lipinski definition) is 0. The number of hydrogen-bond acceptors (Lipinski definition) is 4. The number of aryl methyl sites for hydroxylation is 2. The van der Waals surface area contributed by atoms with Crippen LogP contribution in [0.25, 0.3) is 10.9 Å². The first-order chi connectivity index (χ1) is 18.1. The summed E-state index contributed by atoms with van der Waals surface area (Å²) in [4.78, 5) is 0.507. The number of benzene rings is 3. The molecule has 1 saturated carbocycles. The summed E-state index contributed by atoms with van der Waals surface area (Å²) in [5.41, 5.74) is 2.75. The lowest BCUT2D eigenvalue weighted by Crippen LogP contribution is -2.35. The largest absolute Gasteiger partial charge is 0.268 e. The quantitative estimate of drug-likeness (QED) is 0.306. The van der Waals surface area contributed by atoms with Crippen molar-refractivity contribution in [3.63, 3.8) is 0 Å². The fourth-order valence-corrected chi connectivity index (χ4v) is 9.62. The number of aromatic nitrogens is 1. The molecule has 2 heterocycles. The van der Waals surface area contributed by atoms with Crippen LogP contribution in [0.1, 0.15) is 36.6 Å². The van der Waals surface area contributed by atoms with Crippen LogP contribution in [0.2, 0.25) is 0 Å². The van der Waals surface area contributed by atoms with Gasteiger partial charge in [0.2, 0.25) is 10.0 Å². The normalized spacial score (nSPS) is 23.6. The van der Waals surface area contributed by atoms with Gasteiger partial charge in [0, 0.05) is 29.6 Å². The Kier molecular flexibility index (Phi) is 5.87. The standard InChI is InChI=1S/C30H32N2O4S2/c1-4-7-26-27-19-31(37(33,34)24-14-10-21(2)11-15-24)20-30(26,27)29-18-23-8-5-6-9-28(23)32(29)38(35,36)25-16-12-22(3)13-17-25/h5-6,8-18,26-27H,4,7,19-20H2,1-3H3. The molecule has 3 atom stereocenters. The minimum atomic E-state index is -3.92. The summed E-state index contributed by atoms with van der Waals surface area (Å²) in [6.45, 7) is 6.66. The van der Waals surface area contributed by atoms with Crippen molar-refractivity contribution in [2.75, 3.05) is 13.1 Å². The van der Waals surface area contributed by atoms with E-state index in [4.69, 9.17) is 0 Å². The summed E-state index contributed by atoms with van der Waals surface area (Å²) in [5, 5.41) is 0.841. The van der Waals surface area contributed by atoms with Crippen LogP contribution in [0, 0.1) is 25.7 Å². The van der Waals surface area contributed by atoms with E-state index in [2.05, 4.69) is 6.92 Å². The molecule has 0 amide bonds. The average molecular weight is 549 g/mol. The lowest BCUT2D eigenvalue weighted by atomic mass is 9.97. The molecule has 0 spiro atoms. The van der Waals surface area contributed by atoms with Gasteiger partial charge in [0.25, 0.3) is 10.0 Å². The van der Waals surface area contributed by atoms with Crippen molar-refractivity contribution in [3.05, 3.63) is 95.7 Å². The van der Waals surface area contributed by atoms with Crippen molar-refractivity contribution < 1.29 is 16.8 Å². The van der Waals surface area contributed by atoms with Crippen LogP contribution in [-0.2, 0) is 25.5 Å². The Hall–Kier alpha value is -2.94. The van der Waals surface area contributed by atoms with Gasteiger partial charge in [0.05, 0.1) is 15.3 Å². The van der Waals surface area contributed by atoms with Gasteiger partial charge < -0.3 is 0 Å². The van der Waals surface area contributed by atoms with Gasteiger partial charge in [0.1, 0.15) is 0 Å². The average Bonchev–Trinajstić information content (AvgIpc) is 3.21. The van der Waals surface area contributed by atoms with E-state index in [-0.39, 0.29) is 28.2 Å². The molecule has 0 bridgehead atoms. The molecule has 2 fully saturated rings. The molecule has 2 aliphatic rings. The maximum atomic E-state index is 14.2. The number of rotatable bonds is 7. The van der Waals surface area contributed by atoms with Crippen molar-refractivity contribution in [3.8, 4) is 0 Å². The highest BCUT2D eigenvalue weighted by molar-refractivity contribution is 7.90. The molecular formula is C30H32N2O4S2. The molecule has 38 heavy (non-hydrogen) atoms. The summed E-state index contributed by atoms with van der Waals surface area (Å²) < 4.78 is 58.8. The SMILES string of the molecule is CCCC1C2CN(S(=O)(=O)c3ccc(C)cc3)CC12c1cc2ccccc2n1S(=O)(=O)c1ccc(C)cc1. The fraction of sp³-hybridized carbons (Fsp3) is 0.333. The molecule has 4 aromatic rings. The highest BCUT2D eigenvalue weighted by Crippen LogP contribution is 2.67. The van der Waals surface area contributed by atoms with Crippen LogP contribution in [0.4, 0.5) is 0 Å². The third kappa shape index (κ3) is 3.68. The monoisotopic (exact) mass is 548 g/mol. The second-order valence-corrected chi connectivity index (χ2v) is 14.5. The highest BCUT2D eigenvalue weighted by Gasteiger charge is 2.71. The number of para-hydroxylation sites is 1. The van der Waals surface area contributed by atoms with Gasteiger partial charge >= 0.3 is 0 Å². The van der Waals surface area contributed by atoms with E-state index in [1.807, 2.05) is 68.4 Å². The maximum Gasteiger partial charge on any atom is 0.268 e. The topological polar surface area (TPSA) is 76.5 Å². The predicted molar refractivity (Wildman–Crippen MR) is 149 cm³/mol. The smallest absolute Gasteiger partial charge is 0.237 e. The number of nitrogens with zero attached hydrogens (tertiary/aromatic N) is 2. The third-order valence-corrected chi connectivity index (χ3v) is 12.1. The molecule has 1 saturated heterocycles. The minimum absolute atomic E-state index is 0.0685. The van der Waals surface area contributed by atoms with Gasteiger partial charge in [-0.25, -0.2) is 20.8 Å². The van der Waals surface area contributed by atoms with E-state index in [1.165, 1.54) is 3.97 Å². The van der Waals surface area contributed by atoms with Crippen LogP contribution in [0.3, 0.4) is 0 Å². The Bertz CT molecular complexity index is 1740. The summed E-state index contributed by atoms with van der Waals surface area (Å²) >= 11 is 0. The van der Waals surface area contributed by atoms with Crippen molar-refractivity contribution in [2.45, 2.75) is 48.8 Å². The minimum Gasteiger partial charge on any atom is -0.237 e. The first kappa shape index (κ1) is 25.3. The van der Waals surface area contributed by atoms with Gasteiger partial charge in [-0.05, 0) is 68.5 Å². The molecule has 0 radical (unpaired) electrons. The van der Waals surface area contributed by atoms with E-state index < -0.39 is 25.5 Å². The zero-order valence-corrected chi connectivity index (χ0v) is 23.5. The molecule has 8 heteroatoms. The van der Waals surface area contributed by atoms with Gasteiger partial charge in [-0.15, -0.1) is 0 Å². The van der Waals surface area contributed by atoms with Gasteiger partial charge in [-0.2, -0.15) is 4.31 Å². The summed E-state index contributed by atoms with van der Waals surface area (Å²) in [6, 6.07) is 23.3. The zero-order valence-electron chi connectivity index (χ0n) is 21.8. The number of fused-ring (bicyclic) bond motifs is 2. The lowest BCUT2D eigenvalue weighted by Gasteiger charge is -2.25. The van der Waals surface area contributed by atoms with Crippen LogP contribution >= 0.6 is 0 Å². The van der Waals surface area contributed by atoms with Crippen molar-refractivity contribution in [2.24, 2.45) is 11.8 Å². The molecule has 198 valence electrons. The van der Waals surface area contributed by atoms with Gasteiger partial charge in [-0.3, -0.25) is 0 Å². The summed E-state index contributed by atoms with van der Waals surface area (Å²) in [6.07, 6.45) is 1.88. The van der Waals surface area contributed by atoms with Crippen LogP contribution < -0.4 is 0 Å². The molecule has 6 nitrogen and oxygen atoms in total. The molecular weight excluding hydrogens is 516 g/mol. The van der Waals surface area contributed by atoms with Crippen LogP contribution in [0.5, 0.6) is 0 Å². The van der Waals surface area contributed by atoms with Crippen molar-refractivity contribution >= 4 is 30.9 Å². The second-order valence-electron chi connectivity index (χ2n) is 10.8. The maximum absolute atomic E-state index is 14.2. The van der Waals surface area contributed by atoms with E-state index >= 15 is 0 Å². The molecule has 1 aromatic heterocycles. The van der Waals surface area contributed by atoms with Crippen molar-refractivity contribution in [1.82, 2.24) is 8.28 Å². The Balaban J connectivity index is 1.51. The fourth-order valence-electron chi connectivity index (χ4n) is 6.51. The molecule has 1 aliphatic heterocycles. The highest BCUT2D eigenvalue weighted by atomic mass is 32.2. The first-order valence-electron chi connectivity index (χ1n) is 13.1. The van der Waals surface area contributed by atoms with E-state index in [9.17, 15) is 16.8 Å². The van der Waals surface area contributed by atoms with E-state index in [1.54, 1.807) is 28.6 Å². The molecule has 3 unspecified atom stereocenters. The Morgan fingerprint density at radius 1 is 0.816 bits per heavy atom. The molecule has 6 rings (SSSR count). The Morgan fingerprint density at radius 3 is 2.00 bits per heavy atom. The van der Waals surface area contributed by atoms with Crippen molar-refractivity contribution in [1.29, 1.82) is 0 Å². The van der Waals surface area contributed by atoms with Crippen LogP contribution in [-0.4, -0.2) is 38.2 Å². The predicted octanol–water partition coefficient (Wildman–Crippen LogP) is 5.48. The Labute approximate surface area is 225 Å². The summed E-state index contributed by atoms with van der Waals surface area (Å²) in [7, 11) is -7.62. The zero-order chi connectivity index (χ0) is 26.9. The van der Waals surface area contributed by atoms with E-state index in [0.717, 1.165) is 29.4 Å². The van der Waals surface area contributed by atoms with Gasteiger partial charge in [0.15, 0.2) is 0 Å². The molecule has 0 N–H and O–H groups in total. The first-order valence-corrected chi connectivity index (χ1v) is 16.0. The molecule has 3 aromatic carbocycles. The third-order valence-electron chi connectivity index (χ3n) is 8.50. The van der Waals surface area contributed by atoms with E-state index in [0.29, 0.717) is 17.8 Å². The number of sulfonamides is 1. The lowest BCUT2D eigenvalue weighted by molar-refractivity contribution is 0.386.